The van der Waals surface area contributed by atoms with Gasteiger partial charge in [0.25, 0.3) is 0 Å². The highest BCUT2D eigenvalue weighted by Gasteiger charge is 2.17. The van der Waals surface area contributed by atoms with Crippen LogP contribution in [0.3, 0.4) is 0 Å². The summed E-state index contributed by atoms with van der Waals surface area (Å²) in [7, 11) is 0. The topological polar surface area (TPSA) is 48.5 Å². The lowest BCUT2D eigenvalue weighted by Crippen LogP contribution is -2.00. The lowest BCUT2D eigenvalue weighted by Gasteiger charge is -2.11. The van der Waals surface area contributed by atoms with E-state index in [9.17, 15) is 0 Å². The third-order valence-corrected chi connectivity index (χ3v) is 11.8. The first-order chi connectivity index (χ1) is 29.7. The molecule has 0 unspecified atom stereocenters. The molecule has 0 bridgehead atoms. The van der Waals surface area contributed by atoms with Crippen molar-refractivity contribution in [1.82, 2.24) is 24.1 Å². The van der Waals surface area contributed by atoms with E-state index in [1.54, 1.807) is 0 Å². The SMILES string of the molecule is c1ccc(-c2nc(-c3ccc(-c4ccc(-n5c6ccccc6c6cc7ccccc7cc65)cc4)cc3)nc(-c3ccc4c(c3)c3ccccc3n4-c3ccccc3)n2)cc1. The van der Waals surface area contributed by atoms with Crippen LogP contribution in [0.15, 0.2) is 212 Å². The second kappa shape index (κ2) is 13.8. The molecule has 0 radical (unpaired) electrons. The molecule has 12 aromatic rings. The third-order valence-electron chi connectivity index (χ3n) is 11.8. The molecular formula is C55H35N5. The predicted octanol–water partition coefficient (Wildman–Crippen LogP) is 13.9. The van der Waals surface area contributed by atoms with Gasteiger partial charge in [-0.05, 0) is 88.6 Å². The van der Waals surface area contributed by atoms with Crippen molar-refractivity contribution in [1.29, 1.82) is 0 Å². The average molecular weight is 766 g/mol. The van der Waals surface area contributed by atoms with Crippen LogP contribution < -0.4 is 0 Å². The Morgan fingerprint density at radius 2 is 0.667 bits per heavy atom. The van der Waals surface area contributed by atoms with E-state index in [4.69, 9.17) is 15.0 Å². The van der Waals surface area contributed by atoms with Crippen LogP contribution in [0.5, 0.6) is 0 Å². The predicted molar refractivity (Wildman–Crippen MR) is 248 cm³/mol. The summed E-state index contributed by atoms with van der Waals surface area (Å²) in [6.07, 6.45) is 0. The van der Waals surface area contributed by atoms with E-state index in [0.29, 0.717) is 17.5 Å². The largest absolute Gasteiger partial charge is 0.309 e. The normalized spacial score (nSPS) is 11.7. The maximum absolute atomic E-state index is 5.13. The van der Waals surface area contributed by atoms with Crippen LogP contribution in [0.2, 0.25) is 0 Å². The van der Waals surface area contributed by atoms with E-state index in [1.165, 1.54) is 38.0 Å². The van der Waals surface area contributed by atoms with E-state index in [1.807, 2.05) is 30.3 Å². The number of benzene rings is 9. The number of hydrogen-bond acceptors (Lipinski definition) is 3. The van der Waals surface area contributed by atoms with Gasteiger partial charge in [0.1, 0.15) is 0 Å². The lowest BCUT2D eigenvalue weighted by molar-refractivity contribution is 1.07. The summed E-state index contributed by atoms with van der Waals surface area (Å²) in [6, 6.07) is 75.1. The van der Waals surface area contributed by atoms with E-state index in [2.05, 4.69) is 191 Å². The Kier molecular flexibility index (Phi) is 7.78. The molecular weight excluding hydrogens is 731 g/mol. The first-order valence-corrected chi connectivity index (χ1v) is 20.3. The second-order valence-electron chi connectivity index (χ2n) is 15.3. The Morgan fingerprint density at radius 3 is 1.32 bits per heavy atom. The number of aromatic nitrogens is 5. The van der Waals surface area contributed by atoms with Crippen LogP contribution in [0, 0.1) is 0 Å². The molecule has 0 N–H and O–H groups in total. The van der Waals surface area contributed by atoms with Crippen molar-refractivity contribution < 1.29 is 0 Å². The summed E-state index contributed by atoms with van der Waals surface area (Å²) in [5.41, 5.74) is 12.0. The molecule has 0 spiro atoms. The fourth-order valence-corrected chi connectivity index (χ4v) is 8.87. The zero-order valence-electron chi connectivity index (χ0n) is 32.4. The zero-order chi connectivity index (χ0) is 39.6. The molecule has 0 saturated carbocycles. The highest BCUT2D eigenvalue weighted by atomic mass is 15.0. The zero-order valence-corrected chi connectivity index (χ0v) is 32.4. The van der Waals surface area contributed by atoms with Crippen molar-refractivity contribution in [3.05, 3.63) is 212 Å². The minimum atomic E-state index is 0.631. The number of hydrogen-bond donors (Lipinski definition) is 0. The fourth-order valence-electron chi connectivity index (χ4n) is 8.87. The van der Waals surface area contributed by atoms with Gasteiger partial charge in [-0.1, -0.05) is 146 Å². The molecule has 5 heteroatoms. The molecule has 0 fully saturated rings. The van der Waals surface area contributed by atoms with Crippen molar-refractivity contribution in [3.8, 4) is 56.7 Å². The summed E-state index contributed by atoms with van der Waals surface area (Å²) in [5.74, 6) is 1.90. The molecule has 60 heavy (non-hydrogen) atoms. The summed E-state index contributed by atoms with van der Waals surface area (Å²) < 4.78 is 4.70. The van der Waals surface area contributed by atoms with E-state index >= 15 is 0 Å². The lowest BCUT2D eigenvalue weighted by atomic mass is 10.0. The Bertz CT molecular complexity index is 3570. The van der Waals surface area contributed by atoms with Gasteiger partial charge in [0.15, 0.2) is 17.5 Å². The second-order valence-corrected chi connectivity index (χ2v) is 15.3. The molecule has 0 aliphatic rings. The molecule has 3 heterocycles. The Hall–Kier alpha value is -8.15. The van der Waals surface area contributed by atoms with Crippen molar-refractivity contribution in [3.63, 3.8) is 0 Å². The molecule has 0 aliphatic carbocycles. The minimum absolute atomic E-state index is 0.631. The quantitative estimate of drug-likeness (QED) is 0.169. The number of para-hydroxylation sites is 3. The van der Waals surface area contributed by atoms with Crippen LogP contribution in [0.25, 0.3) is 111 Å². The van der Waals surface area contributed by atoms with Gasteiger partial charge in [-0.3, -0.25) is 0 Å². The van der Waals surface area contributed by atoms with Gasteiger partial charge < -0.3 is 9.13 Å². The van der Waals surface area contributed by atoms with Crippen LogP contribution in [0.4, 0.5) is 0 Å². The summed E-state index contributed by atoms with van der Waals surface area (Å²) in [6.45, 7) is 0. The van der Waals surface area contributed by atoms with Crippen molar-refractivity contribution in [2.24, 2.45) is 0 Å². The molecule has 3 aromatic heterocycles. The molecule has 12 rings (SSSR count). The van der Waals surface area contributed by atoms with Gasteiger partial charge in [-0.2, -0.15) is 0 Å². The average Bonchev–Trinajstić information content (AvgIpc) is 3.83. The van der Waals surface area contributed by atoms with E-state index in [-0.39, 0.29) is 0 Å². The third kappa shape index (κ3) is 5.59. The smallest absolute Gasteiger partial charge is 0.164 e. The summed E-state index contributed by atoms with van der Waals surface area (Å²) >= 11 is 0. The number of fused-ring (bicyclic) bond motifs is 7. The fraction of sp³-hybridized carbons (Fsp3) is 0. The van der Waals surface area contributed by atoms with Gasteiger partial charge in [0, 0.05) is 49.6 Å². The van der Waals surface area contributed by atoms with E-state index in [0.717, 1.165) is 55.6 Å². The van der Waals surface area contributed by atoms with Gasteiger partial charge in [0.05, 0.1) is 22.1 Å². The highest BCUT2D eigenvalue weighted by Crippen LogP contribution is 2.37. The number of rotatable bonds is 6. The molecule has 9 aromatic carbocycles. The van der Waals surface area contributed by atoms with Gasteiger partial charge in [-0.15, -0.1) is 0 Å². The van der Waals surface area contributed by atoms with Crippen LogP contribution >= 0.6 is 0 Å². The standard InChI is InChI=1S/C55H35N5/c1-3-13-38(14-4-1)53-56-54(58-55(57-53)42-29-32-51-47(34-42)45-19-9-11-21-49(45)59(51)43-17-5-2-6-18-43)39-25-23-36(24-26-39)37-27-30-44(31-28-37)60-50-22-12-10-20-46(50)48-33-40-15-7-8-16-41(40)35-52(48)60/h1-35H. The minimum Gasteiger partial charge on any atom is -0.309 e. The van der Waals surface area contributed by atoms with Crippen LogP contribution in [0.1, 0.15) is 0 Å². The molecule has 0 aliphatic heterocycles. The van der Waals surface area contributed by atoms with Gasteiger partial charge >= 0.3 is 0 Å². The molecule has 5 nitrogen and oxygen atoms in total. The molecule has 0 atom stereocenters. The van der Waals surface area contributed by atoms with Crippen LogP contribution in [-0.4, -0.2) is 24.1 Å². The van der Waals surface area contributed by atoms with Crippen molar-refractivity contribution in [2.45, 2.75) is 0 Å². The first-order valence-electron chi connectivity index (χ1n) is 20.3. The monoisotopic (exact) mass is 765 g/mol. The van der Waals surface area contributed by atoms with Gasteiger partial charge in [-0.25, -0.2) is 15.0 Å². The summed E-state index contributed by atoms with van der Waals surface area (Å²) in [4.78, 5) is 15.2. The summed E-state index contributed by atoms with van der Waals surface area (Å²) in [5, 5.41) is 7.34. The maximum Gasteiger partial charge on any atom is 0.164 e. The molecule has 280 valence electrons. The highest BCUT2D eigenvalue weighted by molar-refractivity contribution is 6.14. The van der Waals surface area contributed by atoms with Gasteiger partial charge in [0.2, 0.25) is 0 Å². The Balaban J connectivity index is 0.920. The first kappa shape index (κ1) is 33.9. The van der Waals surface area contributed by atoms with Crippen molar-refractivity contribution >= 4 is 54.4 Å². The Labute approximate surface area is 346 Å². The van der Waals surface area contributed by atoms with Crippen LogP contribution in [-0.2, 0) is 0 Å². The van der Waals surface area contributed by atoms with Crippen molar-refractivity contribution in [2.75, 3.05) is 0 Å². The number of nitrogens with zero attached hydrogens (tertiary/aromatic N) is 5. The maximum atomic E-state index is 5.13. The Morgan fingerprint density at radius 1 is 0.250 bits per heavy atom. The molecule has 0 amide bonds. The molecule has 0 saturated heterocycles. The van der Waals surface area contributed by atoms with E-state index < -0.39 is 0 Å².